The van der Waals surface area contributed by atoms with Crippen LogP contribution in [0.2, 0.25) is 0 Å². The van der Waals surface area contributed by atoms with Gasteiger partial charge < -0.3 is 15.3 Å². The van der Waals surface area contributed by atoms with Crippen molar-refractivity contribution in [3.8, 4) is 0 Å². The van der Waals surface area contributed by atoms with Gasteiger partial charge in [0.2, 0.25) is 0 Å². The number of ketones is 1. The van der Waals surface area contributed by atoms with Gasteiger partial charge in [0.25, 0.3) is 0 Å². The van der Waals surface area contributed by atoms with Gasteiger partial charge in [0.15, 0.2) is 0 Å². The Morgan fingerprint density at radius 3 is 2.70 bits per heavy atom. The third-order valence-corrected chi connectivity index (χ3v) is 8.91. The summed E-state index contributed by atoms with van der Waals surface area (Å²) in [5, 5.41) is 4.38. The Hall–Kier alpha value is -0.940. The van der Waals surface area contributed by atoms with Gasteiger partial charge in [-0.25, -0.2) is 0 Å². The number of carbonyl (C=O) groups is 1. The number of rotatable bonds is 4. The van der Waals surface area contributed by atoms with E-state index in [0.29, 0.717) is 42.6 Å². The van der Waals surface area contributed by atoms with Crippen molar-refractivity contribution in [2.75, 3.05) is 20.3 Å². The molecule has 0 aliphatic heterocycles. The first kappa shape index (κ1) is 19.4. The van der Waals surface area contributed by atoms with Crippen molar-refractivity contribution in [2.45, 2.75) is 71.3 Å². The largest absolute Gasteiger partial charge is 0.395 e. The van der Waals surface area contributed by atoms with Crippen LogP contribution in [0, 0.1) is 34.5 Å². The van der Waals surface area contributed by atoms with E-state index in [1.165, 1.54) is 12.1 Å². The summed E-state index contributed by atoms with van der Waals surface area (Å²) in [5.74, 6) is 2.92. The molecule has 4 aliphatic carbocycles. The molecule has 4 saturated carbocycles. The number of carbonyl (C=O) groups excluding carboxylic acids is 1. The van der Waals surface area contributed by atoms with Crippen LogP contribution in [0.3, 0.4) is 0 Å². The van der Waals surface area contributed by atoms with Crippen molar-refractivity contribution < 1.29 is 14.4 Å². The summed E-state index contributed by atoms with van der Waals surface area (Å²) in [7, 11) is 1.86. The highest BCUT2D eigenvalue weighted by molar-refractivity contribution is 5.87. The Kier molecular flexibility index (Phi) is 5.13. The van der Waals surface area contributed by atoms with Crippen LogP contribution < -0.4 is 5.73 Å². The SMILES string of the molecule is CO[C@@H]1C[C@@H]2[C@H](CC[C@]3(C)C(=O)CC[C@@H]23)[C@@]2(C)CC/C(=N\OCCN)C[C@H]12. The lowest BCUT2D eigenvalue weighted by molar-refractivity contribution is -0.158. The summed E-state index contributed by atoms with van der Waals surface area (Å²) in [6.45, 7) is 5.73. The number of hydrogen-bond acceptors (Lipinski definition) is 5. The number of ether oxygens (including phenoxy) is 1. The molecular weight excluding hydrogens is 340 g/mol. The second-order valence-electron chi connectivity index (χ2n) is 9.90. The van der Waals surface area contributed by atoms with Gasteiger partial charge in [0.05, 0.1) is 11.8 Å². The zero-order valence-electron chi connectivity index (χ0n) is 17.2. The van der Waals surface area contributed by atoms with E-state index in [9.17, 15) is 4.79 Å². The van der Waals surface area contributed by atoms with E-state index in [0.717, 1.165) is 44.9 Å². The molecule has 5 heteroatoms. The zero-order chi connectivity index (χ0) is 19.2. The van der Waals surface area contributed by atoms with E-state index < -0.39 is 0 Å². The van der Waals surface area contributed by atoms with Gasteiger partial charge in [-0.05, 0) is 74.0 Å². The predicted molar refractivity (Wildman–Crippen MR) is 105 cm³/mol. The molecule has 152 valence electrons. The molecule has 2 N–H and O–H groups in total. The summed E-state index contributed by atoms with van der Waals surface area (Å²) in [6.07, 6.45) is 8.66. The van der Waals surface area contributed by atoms with Crippen molar-refractivity contribution in [1.82, 2.24) is 0 Å². The Bertz CT molecular complexity index is 621. The van der Waals surface area contributed by atoms with Gasteiger partial charge in [-0.1, -0.05) is 19.0 Å². The fourth-order valence-corrected chi connectivity index (χ4v) is 7.38. The molecule has 0 unspecified atom stereocenters. The number of Topliss-reactive ketones (excluding diaryl/α,β-unsaturated/α-hetero) is 1. The number of nitrogens with two attached hydrogens (primary N) is 1. The summed E-state index contributed by atoms with van der Waals surface area (Å²) in [6, 6.07) is 0. The summed E-state index contributed by atoms with van der Waals surface area (Å²) in [5.41, 5.74) is 6.89. The molecule has 0 aromatic carbocycles. The van der Waals surface area contributed by atoms with Crippen molar-refractivity contribution in [1.29, 1.82) is 0 Å². The Morgan fingerprint density at radius 1 is 1.15 bits per heavy atom. The minimum atomic E-state index is -0.0694. The number of nitrogens with zero attached hydrogens (tertiary/aromatic N) is 1. The normalized spacial score (nSPS) is 48.1. The molecule has 0 saturated heterocycles. The third-order valence-electron chi connectivity index (χ3n) is 8.91. The second-order valence-corrected chi connectivity index (χ2v) is 9.90. The van der Waals surface area contributed by atoms with Gasteiger partial charge in [0.1, 0.15) is 12.4 Å². The Morgan fingerprint density at radius 2 is 1.96 bits per heavy atom. The number of hydrogen-bond donors (Lipinski definition) is 1. The van der Waals surface area contributed by atoms with E-state index in [1.54, 1.807) is 0 Å². The highest BCUT2D eigenvalue weighted by Crippen LogP contribution is 2.65. The molecule has 4 aliphatic rings. The van der Waals surface area contributed by atoms with Gasteiger partial charge in [-0.15, -0.1) is 0 Å². The van der Waals surface area contributed by atoms with Gasteiger partial charge >= 0.3 is 0 Å². The van der Waals surface area contributed by atoms with Crippen molar-refractivity contribution in [3.63, 3.8) is 0 Å². The third kappa shape index (κ3) is 2.96. The van der Waals surface area contributed by atoms with Gasteiger partial charge in [0, 0.05) is 25.5 Å². The average molecular weight is 377 g/mol. The molecule has 0 bridgehead atoms. The number of oxime groups is 1. The van der Waals surface area contributed by atoms with Crippen LogP contribution in [0.5, 0.6) is 0 Å². The fraction of sp³-hybridized carbons (Fsp3) is 0.909. The maximum absolute atomic E-state index is 12.6. The Balaban J connectivity index is 1.59. The van der Waals surface area contributed by atoms with Crippen LogP contribution in [0.25, 0.3) is 0 Å². The van der Waals surface area contributed by atoms with Crippen molar-refractivity contribution in [3.05, 3.63) is 0 Å². The molecule has 0 aromatic rings. The van der Waals surface area contributed by atoms with E-state index in [1.807, 2.05) is 7.11 Å². The molecule has 0 aromatic heterocycles. The summed E-state index contributed by atoms with van der Waals surface area (Å²) in [4.78, 5) is 18.0. The maximum atomic E-state index is 12.6. The lowest BCUT2D eigenvalue weighted by atomic mass is 9.44. The molecule has 0 heterocycles. The topological polar surface area (TPSA) is 73.9 Å². The van der Waals surface area contributed by atoms with Gasteiger partial charge in [-0.3, -0.25) is 4.79 Å². The summed E-state index contributed by atoms with van der Waals surface area (Å²) < 4.78 is 6.06. The monoisotopic (exact) mass is 376 g/mol. The lowest BCUT2D eigenvalue weighted by Crippen LogP contribution is -2.58. The second kappa shape index (κ2) is 7.14. The van der Waals surface area contributed by atoms with Crippen LogP contribution in [0.15, 0.2) is 5.16 Å². The minimum absolute atomic E-state index is 0.0694. The fourth-order valence-electron chi connectivity index (χ4n) is 7.38. The van der Waals surface area contributed by atoms with Crippen LogP contribution >= 0.6 is 0 Å². The van der Waals surface area contributed by atoms with E-state index >= 15 is 0 Å². The summed E-state index contributed by atoms with van der Waals surface area (Å²) >= 11 is 0. The van der Waals surface area contributed by atoms with E-state index in [-0.39, 0.29) is 16.9 Å². The molecular formula is C22H36N2O3. The predicted octanol–water partition coefficient (Wildman–Crippen LogP) is 3.55. The number of fused-ring (bicyclic) bond motifs is 5. The van der Waals surface area contributed by atoms with Crippen LogP contribution in [-0.4, -0.2) is 37.9 Å². The molecule has 0 spiro atoms. The van der Waals surface area contributed by atoms with E-state index in [2.05, 4.69) is 19.0 Å². The molecule has 7 atom stereocenters. The molecule has 5 nitrogen and oxygen atoms in total. The molecule has 0 amide bonds. The highest BCUT2D eigenvalue weighted by atomic mass is 16.6. The van der Waals surface area contributed by atoms with Crippen molar-refractivity contribution >= 4 is 11.5 Å². The lowest BCUT2D eigenvalue weighted by Gasteiger charge is -2.61. The van der Waals surface area contributed by atoms with Crippen LogP contribution in [-0.2, 0) is 14.4 Å². The number of methoxy groups -OCH3 is 1. The maximum Gasteiger partial charge on any atom is 0.139 e. The van der Waals surface area contributed by atoms with E-state index in [4.69, 9.17) is 15.3 Å². The molecule has 4 rings (SSSR count). The standard InChI is InChI=1S/C22H36N2O3/c1-21-8-6-14(24-27-11-10-23)12-18(21)19(26-3)13-15-16-4-5-20(25)22(16,2)9-7-17(15)21/h15-19H,4-13,23H2,1-3H3/b24-14+/t15-,16-,17-,18+,19+,21+,22-/m0/s1. The molecule has 0 radical (unpaired) electrons. The average Bonchev–Trinajstić information content (AvgIpc) is 2.96. The highest BCUT2D eigenvalue weighted by Gasteiger charge is 2.62. The first-order valence-electron chi connectivity index (χ1n) is 10.9. The van der Waals surface area contributed by atoms with Crippen molar-refractivity contribution in [2.24, 2.45) is 45.4 Å². The first-order valence-corrected chi connectivity index (χ1v) is 10.9. The molecule has 27 heavy (non-hydrogen) atoms. The van der Waals surface area contributed by atoms with Crippen LogP contribution in [0.1, 0.15) is 65.2 Å². The quantitative estimate of drug-likeness (QED) is 0.601. The smallest absolute Gasteiger partial charge is 0.139 e. The Labute approximate surface area is 163 Å². The van der Waals surface area contributed by atoms with Crippen LogP contribution in [0.4, 0.5) is 0 Å². The first-order chi connectivity index (χ1) is 12.9. The van der Waals surface area contributed by atoms with Gasteiger partial charge in [-0.2, -0.15) is 0 Å². The minimum Gasteiger partial charge on any atom is -0.395 e. The zero-order valence-corrected chi connectivity index (χ0v) is 17.2. The molecule has 4 fully saturated rings.